The van der Waals surface area contributed by atoms with Gasteiger partial charge >= 0.3 is 11.9 Å². The highest BCUT2D eigenvalue weighted by atomic mass is 32.2. The Morgan fingerprint density at radius 3 is 2.10 bits per heavy atom. The van der Waals surface area contributed by atoms with Crippen LogP contribution in [0.1, 0.15) is 29.2 Å². The lowest BCUT2D eigenvalue weighted by molar-refractivity contribution is -0.139. The van der Waals surface area contributed by atoms with Crippen molar-refractivity contribution in [2.45, 2.75) is 25.3 Å². The molecule has 12 heteroatoms. The fraction of sp³-hybridized carbons (Fsp3) is 0.276. The van der Waals surface area contributed by atoms with Crippen LogP contribution in [0.2, 0.25) is 0 Å². The van der Waals surface area contributed by atoms with Crippen LogP contribution in [-0.4, -0.2) is 89.5 Å². The number of aliphatic carboxylic acids is 2. The SMILES string of the molecule is CC1=CC(=C(c2cc(C)c(O)c(CN(C)CC(=O)O)c2)c2ccccc2S(=O)(=O)[O-])C=C(CN(C)CC(=O)O)C1=O. The van der Waals surface area contributed by atoms with Crippen molar-refractivity contribution in [1.82, 2.24) is 9.80 Å². The molecule has 1 aliphatic rings. The number of phenolic OH excluding ortho intramolecular Hbond substituents is 1. The van der Waals surface area contributed by atoms with Crippen LogP contribution in [-0.2, 0) is 31.0 Å². The number of ketones is 1. The number of hydrogen-bond acceptors (Lipinski definition) is 9. The van der Waals surface area contributed by atoms with Crippen molar-refractivity contribution in [2.75, 3.05) is 33.7 Å². The van der Waals surface area contributed by atoms with Crippen LogP contribution < -0.4 is 0 Å². The van der Waals surface area contributed by atoms with E-state index < -0.39 is 27.0 Å². The number of hydrogen-bond donors (Lipinski definition) is 3. The van der Waals surface area contributed by atoms with Gasteiger partial charge in [-0.1, -0.05) is 18.2 Å². The molecule has 0 unspecified atom stereocenters. The number of rotatable bonds is 11. The van der Waals surface area contributed by atoms with Gasteiger partial charge in [0.05, 0.1) is 18.0 Å². The summed E-state index contributed by atoms with van der Waals surface area (Å²) in [5.74, 6) is -2.52. The van der Waals surface area contributed by atoms with E-state index in [9.17, 15) is 32.5 Å². The molecule has 0 heterocycles. The Balaban J connectivity index is 2.36. The fourth-order valence-corrected chi connectivity index (χ4v) is 5.43. The van der Waals surface area contributed by atoms with Gasteiger partial charge in [-0.05, 0) is 86.1 Å². The van der Waals surface area contributed by atoms with Crippen molar-refractivity contribution in [3.05, 3.63) is 87.5 Å². The van der Waals surface area contributed by atoms with Crippen LogP contribution in [0.5, 0.6) is 5.75 Å². The summed E-state index contributed by atoms with van der Waals surface area (Å²) in [5, 5.41) is 29.1. The number of carbonyl (C=O) groups is 3. The number of carbonyl (C=O) groups excluding carboxylic acids is 1. The molecule has 0 spiro atoms. The lowest BCUT2D eigenvalue weighted by Crippen LogP contribution is -2.30. The molecule has 218 valence electrons. The zero-order valence-corrected chi connectivity index (χ0v) is 23.9. The predicted molar refractivity (Wildman–Crippen MR) is 149 cm³/mol. The van der Waals surface area contributed by atoms with Crippen LogP contribution in [0.3, 0.4) is 0 Å². The number of likely N-dealkylation sites (N-methyl/N-ethyl adjacent to an activating group) is 2. The van der Waals surface area contributed by atoms with Crippen LogP contribution in [0.15, 0.2) is 70.2 Å². The van der Waals surface area contributed by atoms with Crippen molar-refractivity contribution >= 4 is 33.4 Å². The molecule has 2 aromatic rings. The maximum atomic E-state index is 13.0. The first-order valence-corrected chi connectivity index (χ1v) is 13.9. The second-order valence-corrected chi connectivity index (χ2v) is 11.4. The molecule has 3 N–H and O–H groups in total. The summed E-state index contributed by atoms with van der Waals surface area (Å²) in [7, 11) is -1.84. The Labute approximate surface area is 238 Å². The number of aryl methyl sites for hydroxylation is 1. The standard InChI is InChI=1S/C29H32N2O9S/c1-17-9-19(11-21(28(17)36)13-30(3)15-25(32)33)27(23-7-5-6-8-24(23)41(38,39)40)20-10-18(2)29(37)22(12-20)14-31(4)16-26(34)35/h5-12,36H,13-16H2,1-4H3,(H,32,33)(H,34,35)(H,38,39,40)/p-1. The molecule has 0 aliphatic heterocycles. The van der Waals surface area contributed by atoms with Crippen LogP contribution >= 0.6 is 0 Å². The number of allylic oxidation sites excluding steroid dienone is 4. The molecule has 0 saturated heterocycles. The number of benzene rings is 2. The number of carboxylic acids is 2. The molecule has 0 saturated carbocycles. The van der Waals surface area contributed by atoms with E-state index in [1.54, 1.807) is 52.2 Å². The summed E-state index contributed by atoms with van der Waals surface area (Å²) < 4.78 is 36.9. The first-order valence-electron chi connectivity index (χ1n) is 12.4. The number of carboxylic acid groups (broad SMARTS) is 2. The molecule has 2 aromatic carbocycles. The van der Waals surface area contributed by atoms with Gasteiger partial charge in [0.15, 0.2) is 5.78 Å². The summed E-state index contributed by atoms with van der Waals surface area (Å²) in [6.07, 6.45) is 3.10. The normalized spacial score (nSPS) is 15.1. The lowest BCUT2D eigenvalue weighted by atomic mass is 9.85. The average molecular weight is 584 g/mol. The van der Waals surface area contributed by atoms with E-state index in [1.165, 1.54) is 34.1 Å². The molecule has 0 amide bonds. The molecule has 3 rings (SSSR count). The van der Waals surface area contributed by atoms with Gasteiger partial charge in [0.2, 0.25) is 0 Å². The Morgan fingerprint density at radius 2 is 1.51 bits per heavy atom. The summed E-state index contributed by atoms with van der Waals surface area (Å²) in [6, 6.07) is 8.82. The first-order chi connectivity index (χ1) is 19.1. The smallest absolute Gasteiger partial charge is 0.317 e. The van der Waals surface area contributed by atoms with E-state index in [2.05, 4.69) is 0 Å². The predicted octanol–water partition coefficient (Wildman–Crippen LogP) is 2.39. The Hall–Kier alpha value is -4.10. The molecule has 1 aliphatic carbocycles. The van der Waals surface area contributed by atoms with E-state index in [-0.39, 0.29) is 54.4 Å². The molecule has 0 atom stereocenters. The number of phenols is 1. The van der Waals surface area contributed by atoms with Crippen LogP contribution in [0.4, 0.5) is 0 Å². The monoisotopic (exact) mass is 583 g/mol. The van der Waals surface area contributed by atoms with E-state index in [0.717, 1.165) is 0 Å². The van der Waals surface area contributed by atoms with Gasteiger partial charge < -0.3 is 19.9 Å². The van der Waals surface area contributed by atoms with E-state index in [1.807, 2.05) is 0 Å². The van der Waals surface area contributed by atoms with Crippen molar-refractivity contribution in [3.8, 4) is 5.75 Å². The van der Waals surface area contributed by atoms with Crippen molar-refractivity contribution in [1.29, 1.82) is 0 Å². The van der Waals surface area contributed by atoms with E-state index >= 15 is 0 Å². The van der Waals surface area contributed by atoms with Gasteiger partial charge in [-0.25, -0.2) is 8.42 Å². The summed E-state index contributed by atoms with van der Waals surface area (Å²) >= 11 is 0. The maximum absolute atomic E-state index is 13.0. The third kappa shape index (κ3) is 7.76. The minimum absolute atomic E-state index is 0.00552. The largest absolute Gasteiger partial charge is 0.744 e. The molecule has 0 aromatic heterocycles. The van der Waals surface area contributed by atoms with Gasteiger partial charge in [-0.3, -0.25) is 24.2 Å². The zero-order valence-electron chi connectivity index (χ0n) is 23.0. The third-order valence-electron chi connectivity index (χ3n) is 6.42. The van der Waals surface area contributed by atoms with Gasteiger partial charge in [0.1, 0.15) is 15.9 Å². The van der Waals surface area contributed by atoms with Gasteiger partial charge in [0.25, 0.3) is 0 Å². The van der Waals surface area contributed by atoms with Crippen molar-refractivity contribution in [3.63, 3.8) is 0 Å². The fourth-order valence-electron chi connectivity index (χ4n) is 4.75. The molecule has 0 fully saturated rings. The van der Waals surface area contributed by atoms with Crippen molar-refractivity contribution < 1.29 is 42.7 Å². The summed E-state index contributed by atoms with van der Waals surface area (Å²) in [4.78, 5) is 37.8. The van der Waals surface area contributed by atoms with Crippen LogP contribution in [0, 0.1) is 6.92 Å². The Morgan fingerprint density at radius 1 is 0.927 bits per heavy atom. The minimum Gasteiger partial charge on any atom is -0.744 e. The Bertz CT molecular complexity index is 1600. The van der Waals surface area contributed by atoms with Gasteiger partial charge in [-0.15, -0.1) is 0 Å². The van der Waals surface area contributed by atoms with Gasteiger partial charge in [0, 0.05) is 29.8 Å². The first kappa shape index (κ1) is 31.4. The number of aromatic hydroxyl groups is 1. The highest BCUT2D eigenvalue weighted by Gasteiger charge is 2.25. The van der Waals surface area contributed by atoms with E-state index in [4.69, 9.17) is 10.2 Å². The number of Topliss-reactive ketones (excluding diaryl/α,β-unsaturated/α-hetero) is 1. The van der Waals surface area contributed by atoms with E-state index in [0.29, 0.717) is 27.8 Å². The topological polar surface area (TPSA) is 176 Å². The minimum atomic E-state index is -4.95. The molecule has 11 nitrogen and oxygen atoms in total. The van der Waals surface area contributed by atoms with Crippen molar-refractivity contribution in [2.24, 2.45) is 0 Å². The number of nitrogens with zero attached hydrogens (tertiary/aromatic N) is 2. The highest BCUT2D eigenvalue weighted by molar-refractivity contribution is 7.85. The second kappa shape index (κ2) is 12.6. The van der Waals surface area contributed by atoms with Crippen LogP contribution in [0.25, 0.3) is 5.57 Å². The van der Waals surface area contributed by atoms with Gasteiger partial charge in [-0.2, -0.15) is 0 Å². The zero-order chi connectivity index (χ0) is 30.6. The molecule has 0 radical (unpaired) electrons. The summed E-state index contributed by atoms with van der Waals surface area (Å²) in [5.41, 5.74) is 2.53. The molecule has 0 bridgehead atoms. The quantitative estimate of drug-likeness (QED) is 0.331. The molecular formula is C29H31N2O9S-. The molecular weight excluding hydrogens is 552 g/mol. The Kier molecular flexibility index (Phi) is 9.66. The second-order valence-electron chi connectivity index (χ2n) is 10.0. The lowest BCUT2D eigenvalue weighted by Gasteiger charge is -2.24. The third-order valence-corrected chi connectivity index (χ3v) is 7.32. The average Bonchev–Trinajstić information content (AvgIpc) is 2.84. The maximum Gasteiger partial charge on any atom is 0.317 e. The molecule has 41 heavy (non-hydrogen) atoms. The summed E-state index contributed by atoms with van der Waals surface area (Å²) in [6.45, 7) is 2.63. The highest BCUT2D eigenvalue weighted by Crippen LogP contribution is 2.38.